The van der Waals surface area contributed by atoms with Crippen LogP contribution in [0.15, 0.2) is 18.2 Å². The Bertz CT molecular complexity index is 651. The summed E-state index contributed by atoms with van der Waals surface area (Å²) < 4.78 is 16.8. The maximum absolute atomic E-state index is 13.2. The molecule has 6 nitrogen and oxygen atoms in total. The standard InChI is InChI=1S/C20H28N2O4.ClH/c21-11-16-7-9-18(26-16)20(23)22(15-4-2-1-3-5-15)12-14-6-8-17-19(10-14)25-13-24-17;/h6,8,10,15-16,18H,1-5,7,9,11-13,21H2;1H/t16-,18+;/m1./s1. The smallest absolute Gasteiger partial charge is 0.252 e. The molecule has 2 fully saturated rings. The molecule has 3 aliphatic rings. The van der Waals surface area contributed by atoms with Gasteiger partial charge in [-0.25, -0.2) is 0 Å². The van der Waals surface area contributed by atoms with Crippen LogP contribution >= 0.6 is 12.4 Å². The predicted molar refractivity (Wildman–Crippen MR) is 104 cm³/mol. The van der Waals surface area contributed by atoms with E-state index < -0.39 is 0 Å². The second kappa shape index (κ2) is 9.13. The van der Waals surface area contributed by atoms with Crippen LogP contribution < -0.4 is 15.2 Å². The Hall–Kier alpha value is -1.50. The maximum atomic E-state index is 13.2. The summed E-state index contributed by atoms with van der Waals surface area (Å²) in [5, 5.41) is 0. The highest BCUT2D eigenvalue weighted by molar-refractivity contribution is 5.85. The van der Waals surface area contributed by atoms with Crippen molar-refractivity contribution >= 4 is 18.3 Å². The highest BCUT2D eigenvalue weighted by Crippen LogP contribution is 2.34. The predicted octanol–water partition coefficient (Wildman–Crippen LogP) is 3.00. The molecule has 1 aromatic rings. The lowest BCUT2D eigenvalue weighted by atomic mass is 9.93. The molecule has 0 aromatic heterocycles. The number of ether oxygens (including phenoxy) is 3. The number of halogens is 1. The van der Waals surface area contributed by atoms with Gasteiger partial charge in [0, 0.05) is 19.1 Å². The molecule has 2 N–H and O–H groups in total. The summed E-state index contributed by atoms with van der Waals surface area (Å²) in [6.07, 6.45) is 7.09. The molecule has 1 aromatic carbocycles. The van der Waals surface area contributed by atoms with Crippen molar-refractivity contribution in [3.8, 4) is 11.5 Å². The summed E-state index contributed by atoms with van der Waals surface area (Å²) in [7, 11) is 0. The van der Waals surface area contributed by atoms with Gasteiger partial charge in [0.25, 0.3) is 5.91 Å². The largest absolute Gasteiger partial charge is 0.454 e. The minimum absolute atomic E-state index is 0. The lowest BCUT2D eigenvalue weighted by molar-refractivity contribution is -0.146. The molecule has 2 atom stereocenters. The van der Waals surface area contributed by atoms with Gasteiger partial charge in [0.2, 0.25) is 6.79 Å². The number of fused-ring (bicyclic) bond motifs is 1. The van der Waals surface area contributed by atoms with E-state index in [4.69, 9.17) is 19.9 Å². The molecule has 7 heteroatoms. The van der Waals surface area contributed by atoms with E-state index in [0.29, 0.717) is 19.1 Å². The van der Waals surface area contributed by atoms with Crippen molar-refractivity contribution in [1.29, 1.82) is 0 Å². The molecular weight excluding hydrogens is 368 g/mol. The number of rotatable bonds is 5. The highest BCUT2D eigenvalue weighted by atomic mass is 35.5. The van der Waals surface area contributed by atoms with Gasteiger partial charge < -0.3 is 24.8 Å². The molecule has 150 valence electrons. The van der Waals surface area contributed by atoms with Crippen LogP contribution in [0, 0.1) is 0 Å². The number of amides is 1. The molecule has 0 spiro atoms. The number of nitrogens with two attached hydrogens (primary N) is 1. The molecular formula is C20H29ClN2O4. The van der Waals surface area contributed by atoms with Crippen LogP contribution in [0.2, 0.25) is 0 Å². The zero-order valence-corrected chi connectivity index (χ0v) is 16.4. The third kappa shape index (κ3) is 4.50. The minimum atomic E-state index is -0.348. The van der Waals surface area contributed by atoms with E-state index in [2.05, 4.69) is 0 Å². The zero-order chi connectivity index (χ0) is 17.9. The number of hydrogen-bond donors (Lipinski definition) is 1. The number of benzene rings is 1. The van der Waals surface area contributed by atoms with Crippen LogP contribution in [0.25, 0.3) is 0 Å². The van der Waals surface area contributed by atoms with Crippen molar-refractivity contribution in [3.63, 3.8) is 0 Å². The number of nitrogens with zero attached hydrogens (tertiary/aromatic N) is 1. The fourth-order valence-electron chi connectivity index (χ4n) is 4.26. The van der Waals surface area contributed by atoms with E-state index in [0.717, 1.165) is 42.7 Å². The topological polar surface area (TPSA) is 74.0 Å². The van der Waals surface area contributed by atoms with Crippen molar-refractivity contribution in [1.82, 2.24) is 4.90 Å². The zero-order valence-electron chi connectivity index (χ0n) is 15.6. The average Bonchev–Trinajstić information content (AvgIpc) is 3.35. The Labute approximate surface area is 166 Å². The van der Waals surface area contributed by atoms with Gasteiger partial charge in [-0.2, -0.15) is 0 Å². The van der Waals surface area contributed by atoms with E-state index in [-0.39, 0.29) is 37.3 Å². The Kier molecular flexibility index (Phi) is 6.84. The number of carbonyl (C=O) groups is 1. The lowest BCUT2D eigenvalue weighted by Gasteiger charge is -2.36. The van der Waals surface area contributed by atoms with Gasteiger partial charge in [-0.1, -0.05) is 25.3 Å². The van der Waals surface area contributed by atoms with Crippen LogP contribution in [-0.4, -0.2) is 42.4 Å². The average molecular weight is 397 g/mol. The highest BCUT2D eigenvalue weighted by Gasteiger charge is 2.36. The summed E-state index contributed by atoms with van der Waals surface area (Å²) in [4.78, 5) is 15.3. The second-order valence-electron chi connectivity index (χ2n) is 7.51. The molecule has 27 heavy (non-hydrogen) atoms. The third-order valence-electron chi connectivity index (χ3n) is 5.73. The maximum Gasteiger partial charge on any atom is 0.252 e. The van der Waals surface area contributed by atoms with E-state index in [1.165, 1.54) is 19.3 Å². The van der Waals surface area contributed by atoms with Crippen LogP contribution in [0.1, 0.15) is 50.5 Å². The van der Waals surface area contributed by atoms with Crippen molar-refractivity contribution in [2.75, 3.05) is 13.3 Å². The van der Waals surface area contributed by atoms with E-state index in [1.807, 2.05) is 23.1 Å². The first-order chi connectivity index (χ1) is 12.7. The van der Waals surface area contributed by atoms with E-state index >= 15 is 0 Å². The van der Waals surface area contributed by atoms with Crippen molar-refractivity contribution in [3.05, 3.63) is 23.8 Å². The Morgan fingerprint density at radius 1 is 1.07 bits per heavy atom. The van der Waals surface area contributed by atoms with Gasteiger partial charge in [-0.05, 0) is 43.4 Å². The van der Waals surface area contributed by atoms with Crippen molar-refractivity contribution < 1.29 is 19.0 Å². The first-order valence-corrected chi connectivity index (χ1v) is 9.79. The number of carbonyl (C=O) groups excluding carboxylic acids is 1. The van der Waals surface area contributed by atoms with Crippen LogP contribution in [0.5, 0.6) is 11.5 Å². The summed E-state index contributed by atoms with van der Waals surface area (Å²) in [5.74, 6) is 1.65. The Balaban J connectivity index is 0.00000210. The molecule has 0 unspecified atom stereocenters. The van der Waals surface area contributed by atoms with Gasteiger partial charge in [-0.15, -0.1) is 12.4 Å². The summed E-state index contributed by atoms with van der Waals surface area (Å²) in [6.45, 7) is 1.34. The Morgan fingerprint density at radius 3 is 2.59 bits per heavy atom. The quantitative estimate of drug-likeness (QED) is 0.828. The molecule has 2 heterocycles. The fourth-order valence-corrected chi connectivity index (χ4v) is 4.26. The Morgan fingerprint density at radius 2 is 1.85 bits per heavy atom. The van der Waals surface area contributed by atoms with Crippen LogP contribution in [-0.2, 0) is 16.1 Å². The van der Waals surface area contributed by atoms with Gasteiger partial charge >= 0.3 is 0 Å². The molecule has 1 saturated carbocycles. The monoisotopic (exact) mass is 396 g/mol. The molecule has 2 aliphatic heterocycles. The summed E-state index contributed by atoms with van der Waals surface area (Å²) in [6, 6.07) is 6.23. The van der Waals surface area contributed by atoms with Gasteiger partial charge in [0.1, 0.15) is 6.10 Å². The van der Waals surface area contributed by atoms with Gasteiger partial charge in [0.15, 0.2) is 11.5 Å². The van der Waals surface area contributed by atoms with Crippen molar-refractivity contribution in [2.45, 2.75) is 69.7 Å². The molecule has 1 amide bonds. The van der Waals surface area contributed by atoms with E-state index in [1.54, 1.807) is 0 Å². The van der Waals surface area contributed by atoms with Gasteiger partial charge in [-0.3, -0.25) is 4.79 Å². The summed E-state index contributed by atoms with van der Waals surface area (Å²) in [5.41, 5.74) is 6.79. The SMILES string of the molecule is Cl.NC[C@H]1CC[C@@H](C(=O)N(Cc2ccc3c(c2)OCO3)C2CCCCC2)O1. The van der Waals surface area contributed by atoms with Crippen LogP contribution in [0.3, 0.4) is 0 Å². The molecule has 4 rings (SSSR count). The van der Waals surface area contributed by atoms with Crippen molar-refractivity contribution in [2.24, 2.45) is 5.73 Å². The molecule has 1 aliphatic carbocycles. The molecule has 0 bridgehead atoms. The third-order valence-corrected chi connectivity index (χ3v) is 5.73. The first kappa shape index (κ1) is 20.2. The van der Waals surface area contributed by atoms with Gasteiger partial charge in [0.05, 0.1) is 6.10 Å². The molecule has 1 saturated heterocycles. The fraction of sp³-hybridized carbons (Fsp3) is 0.650. The minimum Gasteiger partial charge on any atom is -0.454 e. The van der Waals surface area contributed by atoms with Crippen LogP contribution in [0.4, 0.5) is 0 Å². The molecule has 0 radical (unpaired) electrons. The summed E-state index contributed by atoms with van der Waals surface area (Å²) >= 11 is 0. The lowest BCUT2D eigenvalue weighted by Crippen LogP contribution is -2.46. The van der Waals surface area contributed by atoms with E-state index in [9.17, 15) is 4.79 Å². The normalized spacial score (nSPS) is 24.5. The second-order valence-corrected chi connectivity index (χ2v) is 7.51. The number of hydrogen-bond acceptors (Lipinski definition) is 5. The first-order valence-electron chi connectivity index (χ1n) is 9.79.